The summed E-state index contributed by atoms with van der Waals surface area (Å²) < 4.78 is 0. The van der Waals surface area contributed by atoms with Crippen molar-refractivity contribution in [2.24, 2.45) is 17.8 Å². The van der Waals surface area contributed by atoms with E-state index in [4.69, 9.17) is 0 Å². The fourth-order valence-electron chi connectivity index (χ4n) is 3.97. The van der Waals surface area contributed by atoms with Crippen molar-refractivity contribution in [2.75, 3.05) is 6.54 Å². The van der Waals surface area contributed by atoms with Gasteiger partial charge in [-0.25, -0.2) is 0 Å². The molecule has 2 aliphatic rings. The van der Waals surface area contributed by atoms with E-state index in [0.29, 0.717) is 6.04 Å². The Balaban J connectivity index is 1.83. The van der Waals surface area contributed by atoms with E-state index < -0.39 is 0 Å². The SMILES string of the molecule is CCCNC(c1cccc(C)c1C)C1CC2CC2C1. The molecule has 19 heavy (non-hydrogen) atoms. The standard InChI is InChI=1S/C18H27N/c1-4-8-19-18(16-10-14-9-15(14)11-16)17-7-5-6-12(2)13(17)3/h5-7,14-16,18-19H,4,8-11H2,1-3H3. The van der Waals surface area contributed by atoms with Crippen LogP contribution in [0.25, 0.3) is 0 Å². The molecule has 0 amide bonds. The molecule has 2 fully saturated rings. The van der Waals surface area contributed by atoms with E-state index in [-0.39, 0.29) is 0 Å². The van der Waals surface area contributed by atoms with Gasteiger partial charge < -0.3 is 5.32 Å². The molecule has 3 rings (SSSR count). The van der Waals surface area contributed by atoms with Crippen LogP contribution in [-0.4, -0.2) is 6.54 Å². The maximum Gasteiger partial charge on any atom is 0.0351 e. The van der Waals surface area contributed by atoms with Crippen LogP contribution in [0.1, 0.15) is 55.3 Å². The van der Waals surface area contributed by atoms with Crippen molar-refractivity contribution in [3.63, 3.8) is 0 Å². The molecule has 3 unspecified atom stereocenters. The summed E-state index contributed by atoms with van der Waals surface area (Å²) in [5, 5.41) is 3.84. The van der Waals surface area contributed by atoms with Crippen LogP contribution in [0.4, 0.5) is 0 Å². The van der Waals surface area contributed by atoms with Crippen LogP contribution in [0.5, 0.6) is 0 Å². The molecule has 0 bridgehead atoms. The van der Waals surface area contributed by atoms with Crippen LogP contribution < -0.4 is 5.32 Å². The lowest BCUT2D eigenvalue weighted by molar-refractivity contribution is 0.340. The summed E-state index contributed by atoms with van der Waals surface area (Å²) in [6.45, 7) is 7.94. The number of benzene rings is 1. The third-order valence-corrected chi connectivity index (χ3v) is 5.35. The molecule has 0 aliphatic heterocycles. The number of nitrogens with one attached hydrogen (secondary N) is 1. The molecule has 0 aromatic heterocycles. The maximum absolute atomic E-state index is 3.84. The van der Waals surface area contributed by atoms with Crippen molar-refractivity contribution >= 4 is 0 Å². The van der Waals surface area contributed by atoms with E-state index in [1.165, 1.54) is 36.8 Å². The Labute approximate surface area is 117 Å². The van der Waals surface area contributed by atoms with Gasteiger partial charge in [0.05, 0.1) is 0 Å². The number of fused-ring (bicyclic) bond motifs is 1. The smallest absolute Gasteiger partial charge is 0.0351 e. The molecule has 2 saturated carbocycles. The minimum atomic E-state index is 0.590. The monoisotopic (exact) mass is 257 g/mol. The van der Waals surface area contributed by atoms with Crippen LogP contribution in [0.3, 0.4) is 0 Å². The van der Waals surface area contributed by atoms with E-state index in [1.807, 2.05) is 0 Å². The highest BCUT2D eigenvalue weighted by Gasteiger charge is 2.48. The molecule has 1 aromatic rings. The zero-order valence-electron chi connectivity index (χ0n) is 12.6. The molecule has 0 saturated heterocycles. The molecule has 104 valence electrons. The summed E-state index contributed by atoms with van der Waals surface area (Å²) in [5.41, 5.74) is 4.49. The fourth-order valence-corrected chi connectivity index (χ4v) is 3.97. The third kappa shape index (κ3) is 2.58. The van der Waals surface area contributed by atoms with Gasteiger partial charge in [0.15, 0.2) is 0 Å². The summed E-state index contributed by atoms with van der Waals surface area (Å²) in [7, 11) is 0. The minimum Gasteiger partial charge on any atom is -0.310 e. The maximum atomic E-state index is 3.84. The van der Waals surface area contributed by atoms with Crippen molar-refractivity contribution in [3.8, 4) is 0 Å². The lowest BCUT2D eigenvalue weighted by atomic mass is 9.86. The van der Waals surface area contributed by atoms with Crippen molar-refractivity contribution in [2.45, 2.75) is 52.5 Å². The predicted molar refractivity (Wildman–Crippen MR) is 81.3 cm³/mol. The van der Waals surface area contributed by atoms with Crippen molar-refractivity contribution in [1.29, 1.82) is 0 Å². The van der Waals surface area contributed by atoms with Crippen molar-refractivity contribution in [3.05, 3.63) is 34.9 Å². The topological polar surface area (TPSA) is 12.0 Å². The molecule has 0 radical (unpaired) electrons. The van der Waals surface area contributed by atoms with Gasteiger partial charge in [0.1, 0.15) is 0 Å². The summed E-state index contributed by atoms with van der Waals surface area (Å²) in [6, 6.07) is 7.41. The number of rotatable bonds is 5. The van der Waals surface area contributed by atoms with Gasteiger partial charge in [-0.3, -0.25) is 0 Å². The average Bonchev–Trinajstić information content (AvgIpc) is 3.02. The quantitative estimate of drug-likeness (QED) is 0.825. The lowest BCUT2D eigenvalue weighted by Gasteiger charge is -2.28. The van der Waals surface area contributed by atoms with Gasteiger partial charge in [-0.2, -0.15) is 0 Å². The Morgan fingerprint density at radius 2 is 1.89 bits per heavy atom. The molecule has 1 heteroatoms. The molecule has 1 nitrogen and oxygen atoms in total. The van der Waals surface area contributed by atoms with E-state index in [9.17, 15) is 0 Å². The second-order valence-corrected chi connectivity index (χ2v) is 6.71. The van der Waals surface area contributed by atoms with E-state index in [1.54, 1.807) is 5.56 Å². The van der Waals surface area contributed by atoms with Crippen LogP contribution in [0.2, 0.25) is 0 Å². The van der Waals surface area contributed by atoms with E-state index in [0.717, 1.165) is 24.3 Å². The second kappa shape index (κ2) is 5.28. The molecule has 1 aromatic carbocycles. The molecule has 0 spiro atoms. The van der Waals surface area contributed by atoms with E-state index in [2.05, 4.69) is 44.3 Å². The van der Waals surface area contributed by atoms with Crippen molar-refractivity contribution < 1.29 is 0 Å². The van der Waals surface area contributed by atoms with Crippen LogP contribution in [0.15, 0.2) is 18.2 Å². The van der Waals surface area contributed by atoms with E-state index >= 15 is 0 Å². The van der Waals surface area contributed by atoms with Crippen LogP contribution >= 0.6 is 0 Å². The van der Waals surface area contributed by atoms with Gasteiger partial charge in [0.25, 0.3) is 0 Å². The van der Waals surface area contributed by atoms with Gasteiger partial charge >= 0.3 is 0 Å². The minimum absolute atomic E-state index is 0.590. The third-order valence-electron chi connectivity index (χ3n) is 5.35. The Morgan fingerprint density at radius 1 is 1.16 bits per heavy atom. The first-order valence-electron chi connectivity index (χ1n) is 8.00. The average molecular weight is 257 g/mol. The molecule has 0 heterocycles. The van der Waals surface area contributed by atoms with Gasteiger partial charge in [0, 0.05) is 6.04 Å². The molecule has 1 N–H and O–H groups in total. The zero-order chi connectivity index (χ0) is 13.4. The summed E-state index contributed by atoms with van der Waals surface area (Å²) in [6.07, 6.45) is 5.66. The Morgan fingerprint density at radius 3 is 2.58 bits per heavy atom. The Kier molecular flexibility index (Phi) is 3.66. The summed E-state index contributed by atoms with van der Waals surface area (Å²) in [4.78, 5) is 0. The van der Waals surface area contributed by atoms with Crippen molar-refractivity contribution in [1.82, 2.24) is 5.32 Å². The van der Waals surface area contributed by atoms with Crippen LogP contribution in [-0.2, 0) is 0 Å². The number of aryl methyl sites for hydroxylation is 1. The second-order valence-electron chi connectivity index (χ2n) is 6.71. The van der Waals surface area contributed by atoms with Crippen LogP contribution in [0, 0.1) is 31.6 Å². The molecular formula is C18H27N. The highest BCUT2D eigenvalue weighted by Crippen LogP contribution is 2.57. The van der Waals surface area contributed by atoms with Gasteiger partial charge in [-0.05, 0) is 80.5 Å². The first-order chi connectivity index (χ1) is 9.20. The number of hydrogen-bond donors (Lipinski definition) is 1. The molecule has 2 aliphatic carbocycles. The Hall–Kier alpha value is -0.820. The van der Waals surface area contributed by atoms with Gasteiger partial charge in [-0.1, -0.05) is 25.1 Å². The zero-order valence-corrected chi connectivity index (χ0v) is 12.6. The first kappa shape index (κ1) is 13.2. The lowest BCUT2D eigenvalue weighted by Crippen LogP contribution is -2.29. The van der Waals surface area contributed by atoms with Gasteiger partial charge in [0.2, 0.25) is 0 Å². The highest BCUT2D eigenvalue weighted by molar-refractivity contribution is 5.36. The highest BCUT2D eigenvalue weighted by atomic mass is 14.9. The summed E-state index contributed by atoms with van der Waals surface area (Å²) >= 11 is 0. The normalized spacial score (nSPS) is 30.2. The van der Waals surface area contributed by atoms with Gasteiger partial charge in [-0.15, -0.1) is 0 Å². The Bertz CT molecular complexity index is 441. The largest absolute Gasteiger partial charge is 0.310 e. The number of hydrogen-bond acceptors (Lipinski definition) is 1. The fraction of sp³-hybridized carbons (Fsp3) is 0.667. The molecular weight excluding hydrogens is 230 g/mol. The summed E-state index contributed by atoms with van der Waals surface area (Å²) in [5.74, 6) is 3.01. The first-order valence-corrected chi connectivity index (χ1v) is 8.00. The predicted octanol–water partition coefficient (Wildman–Crippen LogP) is 4.39. The molecule has 3 atom stereocenters.